The van der Waals surface area contributed by atoms with Crippen molar-refractivity contribution in [3.05, 3.63) is 126 Å². The number of benzene rings is 4. The van der Waals surface area contributed by atoms with E-state index in [1.54, 1.807) is 97.7 Å². The molecule has 0 amide bonds. The molecule has 0 aliphatic heterocycles. The standard InChI is InChI=1S/2C20H25N3O4.3Cd.2NO3/c2*1-26-17-7-3-5-15(19(17)24)13-22-11-9-21-10-12-23-14-16-6-4-8-18(27-2)20(16)25;;;;2*2-1(3)4/h2*3-8,13-14,21,24-25H,9-12H2,1-2H3;;;;;/q;;3*+2;2*-1/p-4. The molecule has 25 heteroatoms. The molecule has 0 aliphatic carbocycles. The maximum atomic E-state index is 11.9. The summed E-state index contributed by atoms with van der Waals surface area (Å²) in [5.41, 5.74) is 2.02. The van der Waals surface area contributed by atoms with Crippen LogP contribution in [-0.2, 0) is 81.9 Å². The molecule has 0 spiro atoms. The summed E-state index contributed by atoms with van der Waals surface area (Å²) >= 11 is 0. The van der Waals surface area contributed by atoms with E-state index in [2.05, 4.69) is 30.6 Å². The topological polar surface area (TPSA) is 335 Å². The van der Waals surface area contributed by atoms with Crippen molar-refractivity contribution in [3.8, 4) is 46.0 Å². The Morgan fingerprint density at radius 2 is 0.615 bits per heavy atom. The van der Waals surface area contributed by atoms with Crippen LogP contribution in [-0.4, -0.2) is 116 Å². The van der Waals surface area contributed by atoms with Crippen molar-refractivity contribution in [1.82, 2.24) is 10.6 Å². The van der Waals surface area contributed by atoms with Crippen LogP contribution in [0.2, 0.25) is 0 Å². The zero-order valence-corrected chi connectivity index (χ0v) is 48.5. The van der Waals surface area contributed by atoms with Crippen LogP contribution in [0.15, 0.2) is 92.8 Å². The van der Waals surface area contributed by atoms with Gasteiger partial charge in [-0.2, -0.15) is 0 Å². The van der Waals surface area contributed by atoms with Crippen molar-refractivity contribution in [2.75, 3.05) is 80.8 Å². The smallest absolute Gasteiger partial charge is 0.870 e. The summed E-state index contributed by atoms with van der Waals surface area (Å²) in [4.78, 5) is 33.4. The van der Waals surface area contributed by atoms with Crippen LogP contribution in [0, 0.1) is 30.6 Å². The Morgan fingerprint density at radius 3 is 0.785 bits per heavy atom. The molecule has 0 bridgehead atoms. The molecule has 0 radical (unpaired) electrons. The molecular weight excluding hydrogens is 1150 g/mol. The number of methoxy groups -OCH3 is 4. The summed E-state index contributed by atoms with van der Waals surface area (Å²) in [5.74, 6) is 0.587. The van der Waals surface area contributed by atoms with E-state index in [-0.39, 0.29) is 105 Å². The van der Waals surface area contributed by atoms with Crippen molar-refractivity contribution in [1.29, 1.82) is 0 Å². The first-order valence-corrected chi connectivity index (χ1v) is 18.2. The summed E-state index contributed by atoms with van der Waals surface area (Å²) < 4.78 is 20.0. The number of rotatable bonds is 20. The van der Waals surface area contributed by atoms with Gasteiger partial charge in [0.25, 0.3) is 0 Å². The fourth-order valence-corrected chi connectivity index (χ4v) is 4.66. The van der Waals surface area contributed by atoms with Gasteiger partial charge in [0.1, 0.15) is 23.0 Å². The van der Waals surface area contributed by atoms with E-state index in [0.717, 1.165) is 0 Å². The van der Waals surface area contributed by atoms with Gasteiger partial charge in [0, 0.05) is 51.0 Å². The number of nitrogens with zero attached hydrogens (tertiary/aromatic N) is 6. The van der Waals surface area contributed by atoms with Crippen LogP contribution >= 0.6 is 0 Å². The van der Waals surface area contributed by atoms with E-state index in [4.69, 9.17) is 49.6 Å². The van der Waals surface area contributed by atoms with E-state index < -0.39 is 10.2 Å². The van der Waals surface area contributed by atoms with Crippen molar-refractivity contribution >= 4 is 24.9 Å². The summed E-state index contributed by atoms with van der Waals surface area (Å²) in [6.45, 7) is 4.82. The Balaban J connectivity index is -0.000000975. The van der Waals surface area contributed by atoms with Crippen LogP contribution in [0.25, 0.3) is 0 Å². The van der Waals surface area contributed by atoms with Crippen molar-refractivity contribution in [3.63, 3.8) is 0 Å². The number of hydrogen-bond donors (Lipinski definition) is 2. The second kappa shape index (κ2) is 39.4. The van der Waals surface area contributed by atoms with E-state index in [9.17, 15) is 20.4 Å². The van der Waals surface area contributed by atoms with Gasteiger partial charge in [-0.05, 0) is 46.5 Å². The van der Waals surface area contributed by atoms with Gasteiger partial charge in [0.2, 0.25) is 0 Å². The molecule has 2 N–H and O–H groups in total. The Morgan fingerprint density at radius 1 is 0.431 bits per heavy atom. The predicted octanol–water partition coefficient (Wildman–Crippen LogP) is 1.47. The minimum Gasteiger partial charge on any atom is -0.870 e. The monoisotopic (exact) mass is 1200 g/mol. The van der Waals surface area contributed by atoms with E-state index >= 15 is 0 Å². The van der Waals surface area contributed by atoms with Gasteiger partial charge in [-0.15, -0.1) is 0 Å². The number of nitrogens with one attached hydrogen (secondary N) is 2. The molecule has 336 valence electrons. The molecule has 4 aromatic carbocycles. The third-order valence-corrected chi connectivity index (χ3v) is 7.51. The first-order chi connectivity index (χ1) is 29.8. The third kappa shape index (κ3) is 27.9. The summed E-state index contributed by atoms with van der Waals surface area (Å²) in [6.07, 6.45) is 6.24. The molecule has 0 aromatic heterocycles. The zero-order valence-electron chi connectivity index (χ0n) is 36.4. The molecule has 4 aromatic rings. The van der Waals surface area contributed by atoms with Crippen LogP contribution in [0.1, 0.15) is 22.3 Å². The van der Waals surface area contributed by atoms with Crippen LogP contribution < -0.4 is 50.0 Å². The van der Waals surface area contributed by atoms with Gasteiger partial charge in [0.05, 0.1) is 64.8 Å². The van der Waals surface area contributed by atoms with Gasteiger partial charge < -0.3 is 80.7 Å². The van der Waals surface area contributed by atoms with Gasteiger partial charge in [0.15, 0.2) is 0 Å². The van der Waals surface area contributed by atoms with Gasteiger partial charge in [-0.1, -0.05) is 71.5 Å². The fraction of sp³-hybridized carbons (Fsp3) is 0.300. The normalized spacial score (nSPS) is 10.2. The molecule has 0 fully saturated rings. The first kappa shape index (κ1) is 64.3. The Labute approximate surface area is 435 Å². The SMILES string of the molecule is COc1cccc(C=NCCNCCN=Cc2cccc(OC)c2[O-])c1[O-].COc1cccc(C=NCCNCCN=Cc2cccc(OC)c2[O-])c1[O-].O=[N+]([O-])[O-].O=[N+]([O-])[O-].[Cd+2].[Cd+2].[Cd+2]. The molecule has 4 rings (SSSR count). The number of para-hydroxylation sites is 4. The first-order valence-electron chi connectivity index (χ1n) is 18.2. The molecule has 0 atom stereocenters. The van der Waals surface area contributed by atoms with E-state index in [1.165, 1.54) is 28.4 Å². The summed E-state index contributed by atoms with van der Waals surface area (Å²) in [6, 6.07) is 20.4. The van der Waals surface area contributed by atoms with Crippen molar-refractivity contribution < 1.29 is 131 Å². The van der Waals surface area contributed by atoms with Crippen LogP contribution in [0.4, 0.5) is 0 Å². The fourth-order valence-electron chi connectivity index (χ4n) is 4.66. The minimum absolute atomic E-state index is 0. The van der Waals surface area contributed by atoms with Crippen molar-refractivity contribution in [2.24, 2.45) is 20.0 Å². The molecule has 0 aliphatic rings. The Kier molecular flexibility index (Phi) is 39.0. The summed E-state index contributed by atoms with van der Waals surface area (Å²) in [5, 5.41) is 83.7. The second-order valence-corrected chi connectivity index (χ2v) is 11.6. The molecule has 65 heavy (non-hydrogen) atoms. The number of ether oxygens (including phenoxy) is 4. The molecule has 0 heterocycles. The van der Waals surface area contributed by atoms with Gasteiger partial charge >= 0.3 is 81.9 Å². The molecule has 22 nitrogen and oxygen atoms in total. The molecule has 0 saturated carbocycles. The zero-order chi connectivity index (χ0) is 46.1. The van der Waals surface area contributed by atoms with Crippen LogP contribution in [0.5, 0.6) is 46.0 Å². The molecular formula is C40H46Cd3N8O14. The predicted molar refractivity (Wildman–Crippen MR) is 226 cm³/mol. The van der Waals surface area contributed by atoms with Crippen molar-refractivity contribution in [2.45, 2.75) is 0 Å². The Bertz CT molecular complexity index is 1800. The maximum Gasteiger partial charge on any atom is 2.00 e. The maximum absolute atomic E-state index is 11.9. The second-order valence-electron chi connectivity index (χ2n) is 11.6. The molecule has 0 saturated heterocycles. The molecule has 0 unspecified atom stereocenters. The van der Waals surface area contributed by atoms with Gasteiger partial charge in [-0.3, -0.25) is 20.0 Å². The quantitative estimate of drug-likeness (QED) is 0.0416. The average Bonchev–Trinajstić information content (AvgIpc) is 3.24. The number of hydrogen-bond acceptors (Lipinski definition) is 20. The van der Waals surface area contributed by atoms with Crippen LogP contribution in [0.3, 0.4) is 0 Å². The van der Waals surface area contributed by atoms with Gasteiger partial charge in [-0.25, -0.2) is 0 Å². The largest absolute Gasteiger partial charge is 2.00 e. The number of aliphatic imine (C=N–C) groups is 4. The average molecular weight is 1200 g/mol. The third-order valence-electron chi connectivity index (χ3n) is 7.51. The summed E-state index contributed by atoms with van der Waals surface area (Å²) in [7, 11) is 5.87. The van der Waals surface area contributed by atoms with E-state index in [0.29, 0.717) is 97.6 Å². The Hall–Kier alpha value is -4.95. The van der Waals surface area contributed by atoms with E-state index in [1.807, 2.05) is 0 Å². The minimum atomic E-state index is -1.75.